The number of ether oxygens (including phenoxy) is 3. The number of aromatic amines is 3. The van der Waals surface area contributed by atoms with Crippen LogP contribution >= 0.6 is 12.4 Å². The molecule has 3 atom stereocenters. The molecule has 3 aliphatic rings. The summed E-state index contributed by atoms with van der Waals surface area (Å²) in [4.78, 5) is 61.0. The first-order valence-electron chi connectivity index (χ1n) is 31.1. The number of rotatable bonds is 14. The molecule has 97 heavy (non-hydrogen) atoms. The zero-order valence-corrected chi connectivity index (χ0v) is 55.3. The van der Waals surface area contributed by atoms with Crippen molar-refractivity contribution in [1.82, 2.24) is 72.5 Å². The van der Waals surface area contributed by atoms with Gasteiger partial charge in [0.1, 0.15) is 28.7 Å². The highest BCUT2D eigenvalue weighted by atomic mass is 35.5. The normalized spacial score (nSPS) is 17.4. The third kappa shape index (κ3) is 15.0. The number of tetrazole rings is 3. The second-order valence-electron chi connectivity index (χ2n) is 25.6. The molecular formula is C68H75ClF3N17O8. The Bertz CT molecular complexity index is 4340. The van der Waals surface area contributed by atoms with Crippen LogP contribution in [-0.2, 0) is 69.0 Å². The highest BCUT2D eigenvalue weighted by molar-refractivity contribution is 5.94. The predicted octanol–water partition coefficient (Wildman–Crippen LogP) is 7.90. The van der Waals surface area contributed by atoms with Crippen molar-refractivity contribution in [2.75, 3.05) is 26.7 Å². The molecule has 11 N–H and O–H groups in total. The molecule has 25 nitrogen and oxygen atoms in total. The Morgan fingerprint density at radius 1 is 0.464 bits per heavy atom. The van der Waals surface area contributed by atoms with Gasteiger partial charge in [-0.05, 0) is 245 Å². The molecule has 0 aliphatic heterocycles. The lowest BCUT2D eigenvalue weighted by Crippen LogP contribution is -2.39. The summed E-state index contributed by atoms with van der Waals surface area (Å²) in [7, 11) is 1.32. The third-order valence-electron chi connectivity index (χ3n) is 17.3. The van der Waals surface area contributed by atoms with Crippen molar-refractivity contribution in [3.05, 3.63) is 228 Å². The van der Waals surface area contributed by atoms with Gasteiger partial charge in [-0.25, -0.2) is 27.6 Å². The van der Waals surface area contributed by atoms with Gasteiger partial charge in [0.25, 0.3) is 0 Å². The molecule has 3 unspecified atom stereocenters. The van der Waals surface area contributed by atoms with Gasteiger partial charge < -0.3 is 42.0 Å². The molecule has 6 aromatic carbocycles. The number of nitrogens with zero attached hydrogens (tertiary/aromatic N) is 9. The SMILES string of the molecule is CC(C)(C)OC(=O)NCCC1(c2nn[nH]n2)c2cc(F)ccc2CCc2ccc(C(N)=O)cc21.COC(=O)c1ccc2c(c1)C(CCNC(=O)OC(C)(C)C)(c1nn[nH]n1)c1cc(F)ccc1CC2.Cl.NCCC1(c2nn[nH]n2)c2cc(F)ccc2CCc2ccc(C(N)=O)cc21. The van der Waals surface area contributed by atoms with E-state index in [1.54, 1.807) is 96.1 Å². The molecule has 29 heteroatoms. The number of alkyl carbamates (subject to hydrolysis) is 2. The van der Waals surface area contributed by atoms with Crippen LogP contribution in [0.2, 0.25) is 0 Å². The molecule has 9 aromatic rings. The Kier molecular flexibility index (Phi) is 21.4. The van der Waals surface area contributed by atoms with Gasteiger partial charge in [0, 0.05) is 24.2 Å². The van der Waals surface area contributed by atoms with Crippen LogP contribution in [0.3, 0.4) is 0 Å². The molecule has 4 amide bonds. The minimum atomic E-state index is -1.10. The minimum absolute atomic E-state index is 0. The third-order valence-corrected chi connectivity index (χ3v) is 17.3. The molecule has 12 rings (SSSR count). The van der Waals surface area contributed by atoms with Gasteiger partial charge in [-0.3, -0.25) is 9.59 Å². The predicted molar refractivity (Wildman–Crippen MR) is 350 cm³/mol. The Morgan fingerprint density at radius 3 is 1.03 bits per heavy atom. The van der Waals surface area contributed by atoms with E-state index in [1.807, 2.05) is 18.2 Å². The second-order valence-corrected chi connectivity index (χ2v) is 25.6. The van der Waals surface area contributed by atoms with E-state index < -0.39 is 69.1 Å². The lowest BCUT2D eigenvalue weighted by Gasteiger charge is -2.34. The smallest absolute Gasteiger partial charge is 0.407 e. The zero-order chi connectivity index (χ0) is 68.7. The van der Waals surface area contributed by atoms with E-state index in [1.165, 1.54) is 43.5 Å². The summed E-state index contributed by atoms with van der Waals surface area (Å²) < 4.78 is 59.2. The van der Waals surface area contributed by atoms with E-state index in [4.69, 9.17) is 31.4 Å². The number of primary amides is 2. The first kappa shape index (κ1) is 70.8. The number of benzene rings is 6. The first-order valence-corrected chi connectivity index (χ1v) is 31.1. The summed E-state index contributed by atoms with van der Waals surface area (Å²) in [6.07, 6.45) is 3.89. The van der Waals surface area contributed by atoms with E-state index >= 15 is 0 Å². The summed E-state index contributed by atoms with van der Waals surface area (Å²) in [6, 6.07) is 30.0. The highest BCUT2D eigenvalue weighted by Crippen LogP contribution is 2.49. The van der Waals surface area contributed by atoms with Gasteiger partial charge in [0.05, 0.1) is 28.9 Å². The van der Waals surface area contributed by atoms with Crippen LogP contribution in [0.1, 0.15) is 176 Å². The molecule has 0 saturated heterocycles. The largest absolute Gasteiger partial charge is 0.465 e. The van der Waals surface area contributed by atoms with E-state index in [-0.39, 0.29) is 44.2 Å². The van der Waals surface area contributed by atoms with Crippen LogP contribution in [0.4, 0.5) is 22.8 Å². The first-order chi connectivity index (χ1) is 45.8. The molecule has 0 spiro atoms. The summed E-state index contributed by atoms with van der Waals surface area (Å²) in [5.74, 6) is -1.79. The average molecular weight is 1350 g/mol. The number of amides is 4. The molecule has 0 bridgehead atoms. The summed E-state index contributed by atoms with van der Waals surface area (Å²) in [6.45, 7) is 11.3. The molecule has 0 radical (unpaired) electrons. The van der Waals surface area contributed by atoms with Crippen LogP contribution in [-0.4, -0.2) is 130 Å². The fourth-order valence-corrected chi connectivity index (χ4v) is 13.3. The lowest BCUT2D eigenvalue weighted by molar-refractivity contribution is 0.0513. The van der Waals surface area contributed by atoms with Crippen LogP contribution in [0.25, 0.3) is 0 Å². The number of aryl methyl sites for hydroxylation is 6. The van der Waals surface area contributed by atoms with Crippen molar-refractivity contribution < 1.29 is 51.4 Å². The monoisotopic (exact) mass is 1350 g/mol. The zero-order valence-electron chi connectivity index (χ0n) is 54.4. The Labute approximate surface area is 562 Å². The number of hydrogen-bond acceptors (Lipinski definition) is 18. The van der Waals surface area contributed by atoms with Gasteiger partial charge in [-0.1, -0.05) is 52.0 Å². The maximum absolute atomic E-state index is 14.7. The van der Waals surface area contributed by atoms with Crippen molar-refractivity contribution in [3.63, 3.8) is 0 Å². The maximum atomic E-state index is 14.7. The van der Waals surface area contributed by atoms with Crippen LogP contribution in [0.15, 0.2) is 109 Å². The number of halogens is 4. The number of methoxy groups -OCH3 is 1. The number of aromatic nitrogens is 12. The number of carbonyl (C=O) groups excluding carboxylic acids is 5. The minimum Gasteiger partial charge on any atom is -0.465 e. The van der Waals surface area contributed by atoms with Crippen molar-refractivity contribution in [1.29, 1.82) is 0 Å². The Morgan fingerprint density at radius 2 is 0.753 bits per heavy atom. The van der Waals surface area contributed by atoms with Crippen molar-refractivity contribution in [2.24, 2.45) is 17.2 Å². The summed E-state index contributed by atoms with van der Waals surface area (Å²) >= 11 is 0. The molecule has 0 saturated carbocycles. The molecular weight excluding hydrogens is 1280 g/mol. The van der Waals surface area contributed by atoms with Crippen molar-refractivity contribution >= 4 is 42.4 Å². The summed E-state index contributed by atoms with van der Waals surface area (Å²) in [5.41, 5.74) is 23.8. The Hall–Kier alpha value is -10.5. The standard InChI is InChI=1S/C25H28FN5O4.C24H27FN6O3.C19H19FN6O.ClH/c1-24(2,3)35-23(33)27-12-11-25(22-28-30-31-29-22)19-13-17(21(32)34-4)8-7-15(19)5-6-16-9-10-18(26)14-20(16)25;1-23(2,3)34-22(33)27-11-10-24(21-28-30-31-29-21)18-12-16(20(26)32)7-6-14(18)4-5-15-8-9-17(25)13-19(15)24;20-14-6-5-12-2-1-11-3-4-13(17(22)27)9-15(11)19(7-8-21,16(12)10-14)18-23-25-26-24-18;/h7-10,13-14H,5-6,11-12H2,1-4H3,(H,27,33)(H,28,29,30,31);6-9,12-13H,4-5,10-11H2,1-3H3,(H2,26,32)(H,27,33)(H,28,29,30,31);3-6,9-10H,1-2,7-8,21H2,(H2,22,27)(H,23,24,25,26);1H. The Balaban J connectivity index is 0.000000171. The molecule has 508 valence electrons. The van der Waals surface area contributed by atoms with Gasteiger partial charge >= 0.3 is 18.2 Å². The molecule has 0 fully saturated rings. The molecule has 3 aliphatic carbocycles. The lowest BCUT2D eigenvalue weighted by atomic mass is 9.69. The van der Waals surface area contributed by atoms with Gasteiger partial charge in [-0.2, -0.15) is 15.6 Å². The topological polar surface area (TPSA) is 379 Å². The van der Waals surface area contributed by atoms with E-state index in [0.29, 0.717) is 83.9 Å². The van der Waals surface area contributed by atoms with Crippen molar-refractivity contribution in [2.45, 2.75) is 127 Å². The van der Waals surface area contributed by atoms with E-state index in [0.717, 1.165) is 68.5 Å². The number of nitrogens with two attached hydrogens (primary N) is 3. The van der Waals surface area contributed by atoms with Gasteiger partial charge in [0.15, 0.2) is 17.5 Å². The fourth-order valence-electron chi connectivity index (χ4n) is 13.3. The second kappa shape index (κ2) is 29.3. The number of carbonyl (C=O) groups is 5. The van der Waals surface area contributed by atoms with Gasteiger partial charge in [-0.15, -0.1) is 43.0 Å². The quantitative estimate of drug-likeness (QED) is 0.0378. The van der Waals surface area contributed by atoms with Crippen LogP contribution in [0, 0.1) is 17.5 Å². The number of fused-ring (bicyclic) bond motifs is 6. The van der Waals surface area contributed by atoms with Gasteiger partial charge in [0.2, 0.25) is 11.8 Å². The molecule has 3 aromatic heterocycles. The number of nitrogens with one attached hydrogen (secondary N) is 5. The van der Waals surface area contributed by atoms with E-state index in [2.05, 4.69) is 72.5 Å². The maximum Gasteiger partial charge on any atom is 0.407 e. The van der Waals surface area contributed by atoms with E-state index in [9.17, 15) is 37.1 Å². The highest BCUT2D eigenvalue weighted by Gasteiger charge is 2.48. The number of esters is 1. The number of hydrogen-bond donors (Lipinski definition) is 8. The average Bonchev–Trinajstić information content (AvgIpc) is 1.67. The van der Waals surface area contributed by atoms with Crippen molar-refractivity contribution in [3.8, 4) is 0 Å². The fraction of sp³-hybridized carbons (Fsp3) is 0.353. The number of H-pyrrole nitrogens is 3. The summed E-state index contributed by atoms with van der Waals surface area (Å²) in [5, 5.41) is 49.9. The van der Waals surface area contributed by atoms with Crippen LogP contribution < -0.4 is 27.8 Å². The van der Waals surface area contributed by atoms with Crippen LogP contribution in [0.5, 0.6) is 0 Å². The molecule has 3 heterocycles.